The van der Waals surface area contributed by atoms with E-state index >= 15 is 0 Å². The van der Waals surface area contributed by atoms with Crippen molar-refractivity contribution in [1.29, 1.82) is 0 Å². The van der Waals surface area contributed by atoms with Crippen molar-refractivity contribution >= 4 is 52.5 Å². The maximum Gasteiger partial charge on any atom is 0.192 e. The minimum absolute atomic E-state index is 0.0190. The van der Waals surface area contributed by atoms with Crippen LogP contribution in [-0.2, 0) is 0 Å². The summed E-state index contributed by atoms with van der Waals surface area (Å²) in [6.07, 6.45) is 5.10. The zero-order valence-electron chi connectivity index (χ0n) is 15.9. The Labute approximate surface area is 197 Å². The Hall–Kier alpha value is -2.45. The Morgan fingerprint density at radius 2 is 1.48 bits per heavy atom. The molecule has 2 aromatic carbocycles. The van der Waals surface area contributed by atoms with Crippen molar-refractivity contribution in [2.45, 2.75) is 15.2 Å². The smallest absolute Gasteiger partial charge is 0.192 e. The molecule has 4 rings (SSSR count). The molecule has 0 N–H and O–H groups in total. The van der Waals surface area contributed by atoms with E-state index in [-0.39, 0.29) is 11.5 Å². The highest BCUT2D eigenvalue weighted by Crippen LogP contribution is 2.34. The largest absolute Gasteiger partial charge is 0.293 e. The summed E-state index contributed by atoms with van der Waals surface area (Å²) >= 11 is 14.6. The van der Waals surface area contributed by atoms with Gasteiger partial charge in [-0.05, 0) is 54.2 Å². The summed E-state index contributed by atoms with van der Waals surface area (Å²) in [5.41, 5.74) is 2.21. The van der Waals surface area contributed by atoms with Gasteiger partial charge in [-0.2, -0.15) is 0 Å². The average molecular weight is 485 g/mol. The number of thioether (sulfide) groups is 1. The highest BCUT2D eigenvalue weighted by molar-refractivity contribution is 8.00. The van der Waals surface area contributed by atoms with E-state index in [0.717, 1.165) is 16.2 Å². The molecule has 9 heteroatoms. The molecular weight excluding hydrogens is 471 g/mol. The molecule has 5 nitrogen and oxygen atoms in total. The van der Waals surface area contributed by atoms with Gasteiger partial charge in [0.2, 0.25) is 0 Å². The Kier molecular flexibility index (Phi) is 7.19. The van der Waals surface area contributed by atoms with Crippen LogP contribution < -0.4 is 0 Å². The normalized spacial score (nSPS) is 10.8. The molecule has 0 radical (unpaired) electrons. The zero-order valence-corrected chi connectivity index (χ0v) is 19.0. The van der Waals surface area contributed by atoms with Crippen molar-refractivity contribution in [2.24, 2.45) is 0 Å². The number of hydrogen-bond donors (Lipinski definition) is 0. The van der Waals surface area contributed by atoms with Crippen molar-refractivity contribution in [3.8, 4) is 11.3 Å². The fourth-order valence-electron chi connectivity index (χ4n) is 2.60. The van der Waals surface area contributed by atoms with Crippen molar-refractivity contribution in [1.82, 2.24) is 19.9 Å². The summed E-state index contributed by atoms with van der Waals surface area (Å²) in [6, 6.07) is 16.0. The van der Waals surface area contributed by atoms with Gasteiger partial charge in [0.05, 0.1) is 16.3 Å². The first-order valence-corrected chi connectivity index (χ1v) is 11.6. The van der Waals surface area contributed by atoms with E-state index in [2.05, 4.69) is 15.0 Å². The second kappa shape index (κ2) is 10.2. The van der Waals surface area contributed by atoms with Crippen LogP contribution in [0.1, 0.15) is 10.4 Å². The number of hydrogen-bond acceptors (Lipinski definition) is 7. The lowest BCUT2D eigenvalue weighted by Crippen LogP contribution is -2.03. The van der Waals surface area contributed by atoms with Gasteiger partial charge in [0, 0.05) is 39.8 Å². The lowest BCUT2D eigenvalue weighted by Gasteiger charge is -2.09. The van der Waals surface area contributed by atoms with Crippen LogP contribution in [0.4, 0.5) is 0 Å². The molecule has 0 bridgehead atoms. The quantitative estimate of drug-likeness (QED) is 0.171. The molecule has 0 amide bonds. The molecule has 0 aliphatic heterocycles. The number of aromatic nitrogens is 4. The summed E-state index contributed by atoms with van der Waals surface area (Å²) in [5.74, 6) is 0.199. The summed E-state index contributed by atoms with van der Waals surface area (Å²) < 4.78 is 0. The number of benzene rings is 2. The van der Waals surface area contributed by atoms with Gasteiger partial charge in [-0.3, -0.25) is 4.79 Å². The predicted octanol–water partition coefficient (Wildman–Crippen LogP) is 6.37. The van der Waals surface area contributed by atoms with E-state index in [4.69, 9.17) is 28.2 Å². The van der Waals surface area contributed by atoms with Gasteiger partial charge >= 0.3 is 0 Å². The van der Waals surface area contributed by atoms with Crippen LogP contribution in [0, 0.1) is 0 Å². The molecule has 0 aliphatic rings. The third-order valence-corrected chi connectivity index (χ3v) is 6.37. The zero-order chi connectivity index (χ0) is 21.6. The number of Topliss-reactive ketones (excluding diaryl/α,β-unsaturated/α-hetero) is 1. The standard InChI is InChI=1S/C22H14Cl2N4OS2/c23-16-6-2-14(3-7-16)18(29)13-30-22-27-12-19(31-21-25-10-1-11-26-21)20(28-22)15-4-8-17(24)9-5-15/h1-12H,13H2. The summed E-state index contributed by atoms with van der Waals surface area (Å²) in [4.78, 5) is 30.9. The molecule has 0 spiro atoms. The van der Waals surface area contributed by atoms with Crippen LogP contribution in [0.5, 0.6) is 0 Å². The average Bonchev–Trinajstić information content (AvgIpc) is 2.80. The Morgan fingerprint density at radius 1 is 0.839 bits per heavy atom. The minimum Gasteiger partial charge on any atom is -0.293 e. The van der Waals surface area contributed by atoms with Crippen LogP contribution in [0.2, 0.25) is 10.0 Å². The first-order valence-electron chi connectivity index (χ1n) is 9.08. The van der Waals surface area contributed by atoms with Crippen molar-refractivity contribution in [3.05, 3.63) is 88.8 Å². The fraction of sp³-hybridized carbons (Fsp3) is 0.0455. The molecule has 0 aliphatic carbocycles. The van der Waals surface area contributed by atoms with Gasteiger partial charge in [0.25, 0.3) is 0 Å². The third kappa shape index (κ3) is 5.83. The van der Waals surface area contributed by atoms with E-state index in [1.165, 1.54) is 23.5 Å². The number of halogens is 2. The maximum atomic E-state index is 12.5. The minimum atomic E-state index is -0.0190. The van der Waals surface area contributed by atoms with Gasteiger partial charge in [-0.15, -0.1) is 0 Å². The van der Waals surface area contributed by atoms with Crippen LogP contribution in [0.25, 0.3) is 11.3 Å². The lowest BCUT2D eigenvalue weighted by atomic mass is 10.1. The summed E-state index contributed by atoms with van der Waals surface area (Å²) in [7, 11) is 0. The van der Waals surface area contributed by atoms with E-state index in [1.807, 2.05) is 24.3 Å². The molecule has 0 saturated heterocycles. The van der Waals surface area contributed by atoms with Crippen LogP contribution in [-0.4, -0.2) is 31.5 Å². The fourth-order valence-corrected chi connectivity index (χ4v) is 4.35. The van der Waals surface area contributed by atoms with E-state index in [0.29, 0.717) is 25.9 Å². The summed E-state index contributed by atoms with van der Waals surface area (Å²) in [5, 5.41) is 2.34. The van der Waals surface area contributed by atoms with E-state index in [9.17, 15) is 4.79 Å². The number of carbonyl (C=O) groups excluding carboxylic acids is 1. The van der Waals surface area contributed by atoms with Gasteiger partial charge in [0.15, 0.2) is 16.1 Å². The molecule has 0 saturated carbocycles. The molecule has 0 fully saturated rings. The number of rotatable bonds is 7. The molecule has 154 valence electrons. The first-order chi connectivity index (χ1) is 15.1. The van der Waals surface area contributed by atoms with Crippen LogP contribution in [0.15, 0.2) is 88.4 Å². The van der Waals surface area contributed by atoms with Gasteiger partial charge in [0.1, 0.15) is 0 Å². The number of carbonyl (C=O) groups is 1. The van der Waals surface area contributed by atoms with Crippen LogP contribution in [0.3, 0.4) is 0 Å². The maximum absolute atomic E-state index is 12.5. The molecule has 0 atom stereocenters. The third-order valence-electron chi connectivity index (χ3n) is 4.09. The SMILES string of the molecule is O=C(CSc1ncc(Sc2ncccn2)c(-c2ccc(Cl)cc2)n1)c1ccc(Cl)cc1. The van der Waals surface area contributed by atoms with E-state index in [1.54, 1.807) is 48.9 Å². The number of ketones is 1. The molecule has 0 unspecified atom stereocenters. The highest BCUT2D eigenvalue weighted by Gasteiger charge is 2.14. The molecular formula is C22H14Cl2N4OS2. The van der Waals surface area contributed by atoms with E-state index < -0.39 is 0 Å². The van der Waals surface area contributed by atoms with Crippen molar-refractivity contribution in [3.63, 3.8) is 0 Å². The van der Waals surface area contributed by atoms with Gasteiger partial charge in [-0.25, -0.2) is 19.9 Å². The first kappa shape index (κ1) is 21.8. The second-order valence-electron chi connectivity index (χ2n) is 6.22. The highest BCUT2D eigenvalue weighted by atomic mass is 35.5. The predicted molar refractivity (Wildman–Crippen MR) is 125 cm³/mol. The topological polar surface area (TPSA) is 68.6 Å². The molecule has 31 heavy (non-hydrogen) atoms. The molecule has 2 heterocycles. The van der Waals surface area contributed by atoms with Gasteiger partial charge in [-0.1, -0.05) is 47.1 Å². The van der Waals surface area contributed by atoms with Crippen molar-refractivity contribution in [2.75, 3.05) is 5.75 Å². The number of nitrogens with zero attached hydrogens (tertiary/aromatic N) is 4. The van der Waals surface area contributed by atoms with Gasteiger partial charge < -0.3 is 0 Å². The Morgan fingerprint density at radius 3 is 2.16 bits per heavy atom. The molecule has 2 aromatic heterocycles. The monoisotopic (exact) mass is 484 g/mol. The summed E-state index contributed by atoms with van der Waals surface area (Å²) in [6.45, 7) is 0. The Bertz CT molecular complexity index is 1190. The second-order valence-corrected chi connectivity index (χ2v) is 9.05. The molecule has 4 aromatic rings. The lowest BCUT2D eigenvalue weighted by molar-refractivity contribution is 0.102. The Balaban J connectivity index is 1.58. The van der Waals surface area contributed by atoms with Crippen molar-refractivity contribution < 1.29 is 4.79 Å². The van der Waals surface area contributed by atoms with Crippen LogP contribution >= 0.6 is 46.7 Å².